The van der Waals surface area contributed by atoms with Crippen molar-refractivity contribution in [1.82, 2.24) is 0 Å². The quantitative estimate of drug-likeness (QED) is 0.669. The lowest BCUT2D eigenvalue weighted by Crippen LogP contribution is -2.31. The number of thioether (sulfide) groups is 1. The summed E-state index contributed by atoms with van der Waals surface area (Å²) in [7, 11) is 0. The van der Waals surface area contributed by atoms with E-state index in [0.717, 1.165) is 10.6 Å². The largest absolute Gasteiger partial charge is 0.457 e. The summed E-state index contributed by atoms with van der Waals surface area (Å²) < 4.78 is 5.02. The van der Waals surface area contributed by atoms with E-state index in [9.17, 15) is 14.4 Å². The maximum absolute atomic E-state index is 12.0. The van der Waals surface area contributed by atoms with E-state index in [0.29, 0.717) is 5.56 Å². The lowest BCUT2D eigenvalue weighted by atomic mass is 10.1. The van der Waals surface area contributed by atoms with Crippen LogP contribution in [-0.4, -0.2) is 29.5 Å². The molecule has 1 amide bonds. The van der Waals surface area contributed by atoms with E-state index in [1.54, 1.807) is 30.3 Å². The van der Waals surface area contributed by atoms with Crippen molar-refractivity contribution in [2.24, 2.45) is 0 Å². The van der Waals surface area contributed by atoms with E-state index in [1.165, 1.54) is 11.8 Å². The smallest absolute Gasteiger partial charge is 0.307 e. The van der Waals surface area contributed by atoms with Gasteiger partial charge in [-0.1, -0.05) is 42.5 Å². The molecule has 122 valence electrons. The Morgan fingerprint density at radius 1 is 1.04 bits per heavy atom. The second-order valence-corrected chi connectivity index (χ2v) is 6.49. The van der Waals surface area contributed by atoms with Gasteiger partial charge in [0.05, 0.1) is 17.4 Å². The van der Waals surface area contributed by atoms with Gasteiger partial charge in [-0.25, -0.2) is 0 Å². The fourth-order valence-electron chi connectivity index (χ4n) is 2.29. The van der Waals surface area contributed by atoms with Gasteiger partial charge < -0.3 is 10.1 Å². The SMILES string of the molecule is O=C(C[C@@H]1Sc2ccccc2NC1=O)OCC(=O)c1ccccc1. The maximum atomic E-state index is 12.0. The maximum Gasteiger partial charge on any atom is 0.307 e. The molecule has 2 aromatic carbocycles. The molecule has 0 fully saturated rings. The molecule has 1 N–H and O–H groups in total. The van der Waals surface area contributed by atoms with Gasteiger partial charge in [0.2, 0.25) is 5.91 Å². The molecule has 3 rings (SSSR count). The third-order valence-electron chi connectivity index (χ3n) is 3.52. The van der Waals surface area contributed by atoms with E-state index in [-0.39, 0.29) is 24.7 Å². The minimum absolute atomic E-state index is 0.0765. The van der Waals surface area contributed by atoms with Crippen LogP contribution in [0.2, 0.25) is 0 Å². The van der Waals surface area contributed by atoms with E-state index in [2.05, 4.69) is 5.32 Å². The lowest BCUT2D eigenvalue weighted by molar-refractivity contribution is -0.143. The Morgan fingerprint density at radius 2 is 1.75 bits per heavy atom. The van der Waals surface area contributed by atoms with Gasteiger partial charge in [0.1, 0.15) is 0 Å². The van der Waals surface area contributed by atoms with Crippen molar-refractivity contribution in [2.45, 2.75) is 16.6 Å². The summed E-state index contributed by atoms with van der Waals surface area (Å²) in [6.07, 6.45) is -0.0765. The van der Waals surface area contributed by atoms with Gasteiger partial charge in [-0.05, 0) is 12.1 Å². The lowest BCUT2D eigenvalue weighted by Gasteiger charge is -2.23. The van der Waals surface area contributed by atoms with Crippen LogP contribution in [0.5, 0.6) is 0 Å². The number of Topliss-reactive ketones (excluding diaryl/α,β-unsaturated/α-hetero) is 1. The van der Waals surface area contributed by atoms with Gasteiger partial charge in [0.25, 0.3) is 0 Å². The van der Waals surface area contributed by atoms with E-state index in [4.69, 9.17) is 4.74 Å². The van der Waals surface area contributed by atoms with Crippen molar-refractivity contribution in [3.05, 3.63) is 60.2 Å². The van der Waals surface area contributed by atoms with Crippen molar-refractivity contribution in [1.29, 1.82) is 0 Å². The molecule has 1 heterocycles. The number of ketones is 1. The zero-order valence-corrected chi connectivity index (χ0v) is 13.5. The van der Waals surface area contributed by atoms with Gasteiger partial charge in [-0.2, -0.15) is 0 Å². The van der Waals surface area contributed by atoms with Crippen LogP contribution >= 0.6 is 11.8 Å². The Kier molecular flexibility index (Phi) is 4.96. The molecule has 0 aliphatic carbocycles. The first kappa shape index (κ1) is 16.3. The number of hydrogen-bond donors (Lipinski definition) is 1. The second kappa shape index (κ2) is 7.31. The molecule has 0 saturated carbocycles. The minimum atomic E-state index is -0.564. The molecule has 0 bridgehead atoms. The number of fused-ring (bicyclic) bond motifs is 1. The molecule has 5 nitrogen and oxygen atoms in total. The van der Waals surface area contributed by atoms with Crippen molar-refractivity contribution in [2.75, 3.05) is 11.9 Å². The summed E-state index contributed by atoms with van der Waals surface area (Å²) in [5, 5.41) is 2.22. The molecule has 1 atom stereocenters. The highest BCUT2D eigenvalue weighted by atomic mass is 32.2. The Balaban J connectivity index is 1.54. The zero-order valence-electron chi connectivity index (χ0n) is 12.7. The van der Waals surface area contributed by atoms with Crippen LogP contribution in [0.15, 0.2) is 59.5 Å². The molecular formula is C18H15NO4S. The molecule has 6 heteroatoms. The summed E-state index contributed by atoms with van der Waals surface area (Å²) in [6, 6.07) is 16.0. The molecule has 1 aliphatic rings. The van der Waals surface area contributed by atoms with Crippen LogP contribution < -0.4 is 5.32 Å². The number of para-hydroxylation sites is 1. The third kappa shape index (κ3) is 3.83. The highest BCUT2D eigenvalue weighted by Crippen LogP contribution is 2.36. The van der Waals surface area contributed by atoms with Crippen molar-refractivity contribution in [3.63, 3.8) is 0 Å². The average Bonchev–Trinajstić information content (AvgIpc) is 2.61. The molecule has 0 radical (unpaired) electrons. The molecule has 0 aromatic heterocycles. The summed E-state index contributed by atoms with van der Waals surface area (Å²) >= 11 is 1.33. The van der Waals surface area contributed by atoms with Crippen LogP contribution in [-0.2, 0) is 14.3 Å². The number of hydrogen-bond acceptors (Lipinski definition) is 5. The molecule has 24 heavy (non-hydrogen) atoms. The van der Waals surface area contributed by atoms with Crippen molar-refractivity contribution in [3.8, 4) is 0 Å². The first-order valence-corrected chi connectivity index (χ1v) is 8.32. The summed E-state index contributed by atoms with van der Waals surface area (Å²) in [5.41, 5.74) is 1.24. The standard InChI is InChI=1S/C18H15NO4S/c20-14(12-6-2-1-3-7-12)11-23-17(21)10-16-18(22)19-13-8-4-5-9-15(13)24-16/h1-9,16H,10-11H2,(H,19,22)/t16-/m0/s1. The highest BCUT2D eigenvalue weighted by molar-refractivity contribution is 8.01. The Bertz CT molecular complexity index is 776. The molecule has 1 aliphatic heterocycles. The van der Waals surface area contributed by atoms with Gasteiger partial charge in [0, 0.05) is 10.5 Å². The first-order valence-electron chi connectivity index (χ1n) is 7.44. The van der Waals surface area contributed by atoms with Crippen molar-refractivity contribution >= 4 is 35.1 Å². The van der Waals surface area contributed by atoms with Gasteiger partial charge >= 0.3 is 5.97 Å². The van der Waals surface area contributed by atoms with E-state index >= 15 is 0 Å². The van der Waals surface area contributed by atoms with E-state index in [1.807, 2.05) is 24.3 Å². The summed E-state index contributed by atoms with van der Waals surface area (Å²) in [6.45, 7) is -0.321. The number of esters is 1. The third-order valence-corrected chi connectivity index (χ3v) is 4.79. The molecular weight excluding hydrogens is 326 g/mol. The Hall–Kier alpha value is -2.60. The van der Waals surface area contributed by atoms with Crippen LogP contribution in [0.25, 0.3) is 0 Å². The molecule has 0 unspecified atom stereocenters. The molecule has 2 aromatic rings. The molecule has 0 saturated heterocycles. The minimum Gasteiger partial charge on any atom is -0.457 e. The van der Waals surface area contributed by atoms with Gasteiger partial charge in [-0.15, -0.1) is 11.8 Å². The fraction of sp³-hybridized carbons (Fsp3) is 0.167. The van der Waals surface area contributed by atoms with Gasteiger partial charge in [-0.3, -0.25) is 14.4 Å². The Morgan fingerprint density at radius 3 is 2.54 bits per heavy atom. The number of carbonyl (C=O) groups excluding carboxylic acids is 3. The van der Waals surface area contributed by atoms with E-state index < -0.39 is 11.2 Å². The average molecular weight is 341 g/mol. The fourth-order valence-corrected chi connectivity index (χ4v) is 3.39. The number of benzene rings is 2. The number of amides is 1. The van der Waals surface area contributed by atoms with Crippen LogP contribution in [0, 0.1) is 0 Å². The second-order valence-electron chi connectivity index (χ2n) is 5.25. The number of rotatable bonds is 5. The van der Waals surface area contributed by atoms with Crippen molar-refractivity contribution < 1.29 is 19.1 Å². The van der Waals surface area contributed by atoms with Crippen LogP contribution in [0.1, 0.15) is 16.8 Å². The monoisotopic (exact) mass is 341 g/mol. The number of ether oxygens (including phenoxy) is 1. The predicted octanol–water partition coefficient (Wildman–Crippen LogP) is 2.92. The summed E-state index contributed by atoms with van der Waals surface area (Å²) in [4.78, 5) is 36.8. The highest BCUT2D eigenvalue weighted by Gasteiger charge is 2.29. The normalized spacial score (nSPS) is 16.0. The first-order chi connectivity index (χ1) is 11.6. The topological polar surface area (TPSA) is 72.5 Å². The summed E-state index contributed by atoms with van der Waals surface area (Å²) in [5.74, 6) is -1.06. The number of carbonyl (C=O) groups is 3. The van der Waals surface area contributed by atoms with Crippen LogP contribution in [0.4, 0.5) is 5.69 Å². The van der Waals surface area contributed by atoms with Gasteiger partial charge in [0.15, 0.2) is 12.4 Å². The number of anilines is 1. The molecule has 0 spiro atoms. The van der Waals surface area contributed by atoms with Crippen LogP contribution in [0.3, 0.4) is 0 Å². The number of nitrogens with one attached hydrogen (secondary N) is 1. The zero-order chi connectivity index (χ0) is 16.9. The predicted molar refractivity (Wildman–Crippen MR) is 91.1 cm³/mol. The Labute approximate surface area is 143 Å².